The fraction of sp³-hybridized carbons (Fsp3) is 0.800. The summed E-state index contributed by atoms with van der Waals surface area (Å²) < 4.78 is 4.58. The zero-order chi connectivity index (χ0) is 7.11. The lowest BCUT2D eigenvalue weighted by Gasteiger charge is -1.95. The van der Waals surface area contributed by atoms with Crippen molar-refractivity contribution in [3.8, 4) is 0 Å². The van der Waals surface area contributed by atoms with E-state index in [4.69, 9.17) is 11.6 Å². The molecule has 2 nitrogen and oxygen atoms in total. The van der Waals surface area contributed by atoms with E-state index in [0.29, 0.717) is 11.6 Å². The van der Waals surface area contributed by atoms with E-state index in [2.05, 4.69) is 4.18 Å². The molecule has 0 aromatic heterocycles. The third kappa shape index (κ3) is 5.99. The van der Waals surface area contributed by atoms with E-state index in [9.17, 15) is 4.79 Å². The minimum atomic E-state index is -0.192. The summed E-state index contributed by atoms with van der Waals surface area (Å²) >= 11 is 6.20. The molecule has 0 spiro atoms. The zero-order valence-corrected chi connectivity index (χ0v) is 6.80. The smallest absolute Gasteiger partial charge is 0.317 e. The molecule has 0 bridgehead atoms. The Hall–Kier alpha value is 0.110. The molecule has 0 amide bonds. The minimum absolute atomic E-state index is 0.192. The predicted molar refractivity (Wildman–Crippen MR) is 39.3 cm³/mol. The summed E-state index contributed by atoms with van der Waals surface area (Å²) in [6.07, 6.45) is 1.30. The van der Waals surface area contributed by atoms with E-state index >= 15 is 0 Å². The van der Waals surface area contributed by atoms with Gasteiger partial charge in [0.2, 0.25) is 0 Å². The van der Waals surface area contributed by atoms with Gasteiger partial charge in [0, 0.05) is 6.42 Å². The SMILES string of the molecule is CCCC(=O)OSCCl. The van der Waals surface area contributed by atoms with Crippen molar-refractivity contribution in [2.45, 2.75) is 19.8 Å². The van der Waals surface area contributed by atoms with Crippen LogP contribution in [0, 0.1) is 0 Å². The molecule has 0 N–H and O–H groups in total. The molecule has 0 saturated heterocycles. The monoisotopic (exact) mass is 168 g/mol. The van der Waals surface area contributed by atoms with Gasteiger partial charge in [-0.05, 0) is 6.42 Å². The molecule has 54 valence electrons. The molecular formula is C5H9ClO2S. The van der Waals surface area contributed by atoms with Crippen LogP contribution in [0.4, 0.5) is 0 Å². The van der Waals surface area contributed by atoms with Gasteiger partial charge in [-0.1, -0.05) is 6.92 Å². The molecule has 9 heavy (non-hydrogen) atoms. The first-order valence-electron chi connectivity index (χ1n) is 2.69. The van der Waals surface area contributed by atoms with Gasteiger partial charge in [0.1, 0.15) is 5.21 Å². The van der Waals surface area contributed by atoms with Crippen molar-refractivity contribution >= 4 is 29.6 Å². The lowest BCUT2D eigenvalue weighted by molar-refractivity contribution is -0.133. The van der Waals surface area contributed by atoms with E-state index < -0.39 is 0 Å². The van der Waals surface area contributed by atoms with Crippen LogP contribution in [-0.2, 0) is 8.98 Å². The summed E-state index contributed by atoms with van der Waals surface area (Å²) in [4.78, 5) is 10.5. The van der Waals surface area contributed by atoms with Crippen LogP contribution < -0.4 is 0 Å². The number of carbonyl (C=O) groups is 1. The van der Waals surface area contributed by atoms with Crippen LogP contribution in [0.5, 0.6) is 0 Å². The van der Waals surface area contributed by atoms with Crippen LogP contribution in [0.15, 0.2) is 0 Å². The van der Waals surface area contributed by atoms with Crippen molar-refractivity contribution in [1.29, 1.82) is 0 Å². The molecule has 0 aliphatic carbocycles. The highest BCUT2D eigenvalue weighted by Gasteiger charge is 1.98. The van der Waals surface area contributed by atoms with Crippen LogP contribution in [0.25, 0.3) is 0 Å². The van der Waals surface area contributed by atoms with Gasteiger partial charge in [0.15, 0.2) is 0 Å². The molecular weight excluding hydrogens is 160 g/mol. The lowest BCUT2D eigenvalue weighted by Crippen LogP contribution is -1.96. The fourth-order valence-corrected chi connectivity index (χ4v) is 0.727. The van der Waals surface area contributed by atoms with Gasteiger partial charge in [0.25, 0.3) is 0 Å². The maximum absolute atomic E-state index is 10.5. The van der Waals surface area contributed by atoms with E-state index in [1.807, 2.05) is 6.92 Å². The van der Waals surface area contributed by atoms with Crippen molar-refractivity contribution in [2.24, 2.45) is 0 Å². The molecule has 4 heteroatoms. The topological polar surface area (TPSA) is 26.3 Å². The van der Waals surface area contributed by atoms with Crippen LogP contribution in [0.3, 0.4) is 0 Å². The highest BCUT2D eigenvalue weighted by atomic mass is 35.5. The Labute approximate surface area is 64.1 Å². The highest BCUT2D eigenvalue weighted by molar-refractivity contribution is 7.96. The van der Waals surface area contributed by atoms with Gasteiger partial charge in [-0.3, -0.25) is 4.79 Å². The molecule has 0 aromatic carbocycles. The van der Waals surface area contributed by atoms with Gasteiger partial charge in [-0.15, -0.1) is 11.6 Å². The number of hydrogen-bond acceptors (Lipinski definition) is 3. The second kappa shape index (κ2) is 6.23. The first-order valence-corrected chi connectivity index (χ1v) is 4.14. The lowest BCUT2D eigenvalue weighted by atomic mass is 10.4. The molecule has 0 radical (unpaired) electrons. The van der Waals surface area contributed by atoms with Crippen LogP contribution in [0.2, 0.25) is 0 Å². The Balaban J connectivity index is 3.06. The molecule has 0 atom stereocenters. The van der Waals surface area contributed by atoms with Crippen LogP contribution in [0.1, 0.15) is 19.8 Å². The van der Waals surface area contributed by atoms with Crippen LogP contribution >= 0.6 is 23.6 Å². The second-order valence-electron chi connectivity index (χ2n) is 1.43. The van der Waals surface area contributed by atoms with Gasteiger partial charge >= 0.3 is 5.97 Å². The zero-order valence-electron chi connectivity index (χ0n) is 5.22. The van der Waals surface area contributed by atoms with Crippen molar-refractivity contribution < 1.29 is 8.98 Å². The van der Waals surface area contributed by atoms with Gasteiger partial charge in [0.05, 0.1) is 12.0 Å². The molecule has 0 aliphatic rings. The van der Waals surface area contributed by atoms with Crippen molar-refractivity contribution in [3.63, 3.8) is 0 Å². The third-order valence-corrected chi connectivity index (χ3v) is 1.31. The Morgan fingerprint density at radius 3 is 2.89 bits per heavy atom. The Kier molecular flexibility index (Phi) is 6.31. The number of halogens is 1. The van der Waals surface area contributed by atoms with Gasteiger partial charge in [-0.2, -0.15) is 0 Å². The average Bonchev–Trinajstić information content (AvgIpc) is 1.85. The largest absolute Gasteiger partial charge is 0.390 e. The predicted octanol–water partition coefficient (Wildman–Crippen LogP) is 2.17. The molecule has 0 fully saturated rings. The highest BCUT2D eigenvalue weighted by Crippen LogP contribution is 2.06. The van der Waals surface area contributed by atoms with Crippen molar-refractivity contribution in [1.82, 2.24) is 0 Å². The quantitative estimate of drug-likeness (QED) is 0.476. The molecule has 0 aromatic rings. The third-order valence-electron chi connectivity index (χ3n) is 0.651. The summed E-state index contributed by atoms with van der Waals surface area (Å²) in [7, 11) is 0. The number of alkyl halides is 1. The summed E-state index contributed by atoms with van der Waals surface area (Å²) in [5, 5.41) is 0.301. The fourth-order valence-electron chi connectivity index (χ4n) is 0.334. The number of hydrogen-bond donors (Lipinski definition) is 0. The van der Waals surface area contributed by atoms with E-state index in [1.165, 1.54) is 0 Å². The Morgan fingerprint density at radius 1 is 1.78 bits per heavy atom. The normalized spacial score (nSPS) is 9.11. The molecule has 0 aliphatic heterocycles. The van der Waals surface area contributed by atoms with E-state index in [1.54, 1.807) is 0 Å². The second-order valence-corrected chi connectivity index (χ2v) is 2.71. The number of rotatable bonds is 4. The Bertz CT molecular complexity index is 87.0. The summed E-state index contributed by atoms with van der Waals surface area (Å²) in [5.41, 5.74) is 0. The molecule has 0 heterocycles. The maximum Gasteiger partial charge on any atom is 0.317 e. The van der Waals surface area contributed by atoms with Gasteiger partial charge < -0.3 is 4.18 Å². The first kappa shape index (κ1) is 9.11. The number of carbonyl (C=O) groups excluding carboxylic acids is 1. The maximum atomic E-state index is 10.5. The first-order chi connectivity index (χ1) is 4.31. The minimum Gasteiger partial charge on any atom is -0.390 e. The van der Waals surface area contributed by atoms with E-state index in [-0.39, 0.29) is 5.97 Å². The average molecular weight is 169 g/mol. The van der Waals surface area contributed by atoms with Gasteiger partial charge in [-0.25, -0.2) is 0 Å². The molecule has 0 rings (SSSR count). The summed E-state index contributed by atoms with van der Waals surface area (Å²) in [6, 6.07) is 0. The molecule has 0 saturated carbocycles. The standard InChI is InChI=1S/C5H9ClO2S/c1-2-3-5(7)8-9-4-6/h2-4H2,1H3. The molecule has 0 unspecified atom stereocenters. The Morgan fingerprint density at radius 2 is 2.44 bits per heavy atom. The van der Waals surface area contributed by atoms with E-state index in [0.717, 1.165) is 18.5 Å². The van der Waals surface area contributed by atoms with Crippen LogP contribution in [-0.4, -0.2) is 11.2 Å². The van der Waals surface area contributed by atoms with Crippen molar-refractivity contribution in [2.75, 3.05) is 5.21 Å². The summed E-state index contributed by atoms with van der Waals surface area (Å²) in [6.45, 7) is 1.92. The summed E-state index contributed by atoms with van der Waals surface area (Å²) in [5.74, 6) is -0.192. The van der Waals surface area contributed by atoms with Crippen molar-refractivity contribution in [3.05, 3.63) is 0 Å².